The van der Waals surface area contributed by atoms with Gasteiger partial charge in [0.15, 0.2) is 16.9 Å². The van der Waals surface area contributed by atoms with Crippen LogP contribution in [-0.4, -0.2) is 24.3 Å². The second-order valence-electron chi connectivity index (χ2n) is 10.0. The molecule has 1 fully saturated rings. The van der Waals surface area contributed by atoms with Crippen LogP contribution in [0.2, 0.25) is 0 Å². The molecule has 2 aliphatic rings. The fraction of sp³-hybridized carbons (Fsp3) is 0.379. The molecule has 0 spiro atoms. The van der Waals surface area contributed by atoms with E-state index in [1.54, 1.807) is 26.3 Å². The monoisotopic (exact) mass is 473 g/mol. The third kappa shape index (κ3) is 4.01. The zero-order chi connectivity index (χ0) is 24.7. The van der Waals surface area contributed by atoms with Crippen molar-refractivity contribution < 1.29 is 19.0 Å². The molecule has 0 N–H and O–H groups in total. The van der Waals surface area contributed by atoms with Crippen LogP contribution in [0.1, 0.15) is 67.1 Å². The van der Waals surface area contributed by atoms with Crippen molar-refractivity contribution in [3.8, 4) is 22.8 Å². The highest BCUT2D eigenvalue weighted by Gasteiger charge is 2.47. The minimum absolute atomic E-state index is 0.0108. The summed E-state index contributed by atoms with van der Waals surface area (Å²) in [5.74, 6) is 0.963. The highest BCUT2D eigenvalue weighted by molar-refractivity contribution is 5.89. The van der Waals surface area contributed by atoms with Crippen LogP contribution in [0.4, 0.5) is 0 Å². The van der Waals surface area contributed by atoms with Crippen molar-refractivity contribution in [2.75, 3.05) is 13.7 Å². The Balaban J connectivity index is 1.64. The summed E-state index contributed by atoms with van der Waals surface area (Å²) in [5, 5.41) is 0. The zero-order valence-corrected chi connectivity index (χ0v) is 20.7. The lowest BCUT2D eigenvalue weighted by molar-refractivity contribution is 0.0523. The van der Waals surface area contributed by atoms with Crippen molar-refractivity contribution in [2.45, 2.75) is 52.2 Å². The number of rotatable bonds is 6. The number of fused-ring (bicyclic) bond motifs is 6. The summed E-state index contributed by atoms with van der Waals surface area (Å²) in [5.41, 5.74) is 3.71. The number of benzene rings is 2. The molecule has 2 heterocycles. The Hall–Kier alpha value is -3.54. The van der Waals surface area contributed by atoms with Gasteiger partial charge >= 0.3 is 5.97 Å². The van der Waals surface area contributed by atoms with Crippen LogP contribution in [0.15, 0.2) is 59.5 Å². The lowest BCUT2D eigenvalue weighted by atomic mass is 9.77. The van der Waals surface area contributed by atoms with E-state index in [2.05, 4.69) is 24.5 Å². The van der Waals surface area contributed by atoms with Crippen molar-refractivity contribution in [3.05, 3.63) is 81.6 Å². The summed E-state index contributed by atoms with van der Waals surface area (Å²) in [7, 11) is 1.62. The van der Waals surface area contributed by atoms with Crippen LogP contribution in [0.25, 0.3) is 11.3 Å². The molecule has 3 aromatic rings. The van der Waals surface area contributed by atoms with Crippen molar-refractivity contribution >= 4 is 5.97 Å². The Morgan fingerprint density at radius 3 is 2.60 bits per heavy atom. The molecule has 1 saturated carbocycles. The van der Waals surface area contributed by atoms with Crippen LogP contribution in [-0.2, 0) is 11.3 Å². The number of carbonyl (C=O) groups is 1. The first kappa shape index (κ1) is 23.2. The van der Waals surface area contributed by atoms with E-state index in [0.29, 0.717) is 18.1 Å². The van der Waals surface area contributed by atoms with Crippen LogP contribution in [0.5, 0.6) is 11.5 Å². The third-order valence-electron chi connectivity index (χ3n) is 7.40. The van der Waals surface area contributed by atoms with Crippen molar-refractivity contribution in [3.63, 3.8) is 0 Å². The van der Waals surface area contributed by atoms with Crippen molar-refractivity contribution in [1.29, 1.82) is 0 Å². The van der Waals surface area contributed by atoms with Gasteiger partial charge in [-0.1, -0.05) is 44.2 Å². The third-order valence-corrected chi connectivity index (χ3v) is 7.40. The molecule has 182 valence electrons. The number of carbonyl (C=O) groups excluding carboxylic acids is 1. The second kappa shape index (κ2) is 8.91. The zero-order valence-electron chi connectivity index (χ0n) is 20.7. The Bertz CT molecular complexity index is 1320. The molecule has 6 heteroatoms. The fourth-order valence-corrected chi connectivity index (χ4v) is 5.74. The van der Waals surface area contributed by atoms with E-state index in [1.807, 2.05) is 36.4 Å². The first-order valence-corrected chi connectivity index (χ1v) is 12.2. The molecule has 0 saturated heterocycles. The van der Waals surface area contributed by atoms with Gasteiger partial charge in [0.1, 0.15) is 12.2 Å². The Morgan fingerprint density at radius 1 is 1.11 bits per heavy atom. The fourth-order valence-electron chi connectivity index (χ4n) is 5.74. The molecular formula is C29H31NO5. The number of nitrogens with zero attached hydrogens (tertiary/aromatic N) is 1. The van der Waals surface area contributed by atoms with E-state index in [0.717, 1.165) is 35.2 Å². The number of esters is 1. The Labute approximate surface area is 205 Å². The highest BCUT2D eigenvalue weighted by Crippen LogP contribution is 2.59. The molecule has 0 unspecified atom stereocenters. The molecule has 35 heavy (non-hydrogen) atoms. The molecule has 5 rings (SSSR count). The lowest BCUT2D eigenvalue weighted by Gasteiger charge is -2.40. The van der Waals surface area contributed by atoms with E-state index in [1.165, 1.54) is 0 Å². The topological polar surface area (TPSA) is 66.8 Å². The maximum absolute atomic E-state index is 13.0. The number of hydrogen-bond donors (Lipinski definition) is 0. The number of aromatic nitrogens is 1. The molecule has 6 nitrogen and oxygen atoms in total. The predicted octanol–water partition coefficient (Wildman–Crippen LogP) is 5.74. The summed E-state index contributed by atoms with van der Waals surface area (Å²) in [6, 6.07) is 15.8. The molecule has 1 aliphatic carbocycles. The van der Waals surface area contributed by atoms with Crippen molar-refractivity contribution in [1.82, 2.24) is 4.57 Å². The largest absolute Gasteiger partial charge is 0.493 e. The Morgan fingerprint density at radius 2 is 1.89 bits per heavy atom. The lowest BCUT2D eigenvalue weighted by Crippen LogP contribution is -2.32. The standard InChI is InChI=1S/C29H31NO5/c1-5-34-28(32)22-16-30-23(15-24(22)31)21-14-25(33-4)26(35-17-18-9-7-6-8-10-18)13-20(21)19-11-12-29(2,3)27(19)30/h6-10,13-16,19,27H,5,11-12,17H2,1-4H3/t19-,27+/m0/s1. The second-order valence-corrected chi connectivity index (χ2v) is 10.0. The highest BCUT2D eigenvalue weighted by atomic mass is 16.5. The average Bonchev–Trinajstić information content (AvgIpc) is 3.18. The van der Waals surface area contributed by atoms with Crippen LogP contribution in [0, 0.1) is 5.41 Å². The summed E-state index contributed by atoms with van der Waals surface area (Å²) in [6.07, 6.45) is 3.75. The van der Waals surface area contributed by atoms with Gasteiger partial charge in [-0.3, -0.25) is 4.79 Å². The number of pyridine rings is 1. The quantitative estimate of drug-likeness (QED) is 0.427. The summed E-state index contributed by atoms with van der Waals surface area (Å²) >= 11 is 0. The van der Waals surface area contributed by atoms with Gasteiger partial charge in [-0.15, -0.1) is 0 Å². The summed E-state index contributed by atoms with van der Waals surface area (Å²) in [6.45, 7) is 6.91. The summed E-state index contributed by atoms with van der Waals surface area (Å²) < 4.78 is 19.2. The minimum atomic E-state index is -0.576. The molecular weight excluding hydrogens is 442 g/mol. The van der Waals surface area contributed by atoms with Gasteiger partial charge in [-0.25, -0.2) is 4.79 Å². The molecule has 0 bridgehead atoms. The van der Waals surface area contributed by atoms with Gasteiger partial charge in [0.25, 0.3) is 0 Å². The number of methoxy groups -OCH3 is 1. The maximum Gasteiger partial charge on any atom is 0.343 e. The first-order chi connectivity index (χ1) is 16.8. The number of ether oxygens (including phenoxy) is 3. The van der Waals surface area contributed by atoms with Crippen LogP contribution < -0.4 is 14.9 Å². The number of hydrogen-bond acceptors (Lipinski definition) is 5. The van der Waals surface area contributed by atoms with Gasteiger partial charge in [0, 0.05) is 29.8 Å². The Kier molecular flexibility index (Phi) is 5.91. The van der Waals surface area contributed by atoms with Crippen molar-refractivity contribution in [2.24, 2.45) is 5.41 Å². The van der Waals surface area contributed by atoms with Gasteiger partial charge in [0.05, 0.1) is 19.4 Å². The maximum atomic E-state index is 13.0. The average molecular weight is 474 g/mol. The predicted molar refractivity (Wildman–Crippen MR) is 134 cm³/mol. The van der Waals surface area contributed by atoms with Gasteiger partial charge in [-0.05, 0) is 48.4 Å². The SMILES string of the molecule is CCOC(=O)c1cn2c(cc1=O)-c1cc(OC)c(OCc3ccccc3)cc1[C@@H]1CCC(C)(C)[C@@H]12. The van der Waals surface area contributed by atoms with E-state index in [9.17, 15) is 9.59 Å². The minimum Gasteiger partial charge on any atom is -0.493 e. The van der Waals surface area contributed by atoms with E-state index >= 15 is 0 Å². The van der Waals surface area contributed by atoms with Crippen LogP contribution in [0.3, 0.4) is 0 Å². The van der Waals surface area contributed by atoms with Gasteiger partial charge < -0.3 is 18.8 Å². The first-order valence-electron chi connectivity index (χ1n) is 12.2. The smallest absolute Gasteiger partial charge is 0.343 e. The van der Waals surface area contributed by atoms with E-state index in [-0.39, 0.29) is 35.0 Å². The molecule has 1 aliphatic heterocycles. The van der Waals surface area contributed by atoms with Gasteiger partial charge in [-0.2, -0.15) is 0 Å². The normalized spacial score (nSPS) is 19.3. The van der Waals surface area contributed by atoms with E-state index < -0.39 is 5.97 Å². The van der Waals surface area contributed by atoms with E-state index in [4.69, 9.17) is 14.2 Å². The molecule has 0 amide bonds. The molecule has 2 aromatic carbocycles. The van der Waals surface area contributed by atoms with Gasteiger partial charge in [0.2, 0.25) is 0 Å². The summed E-state index contributed by atoms with van der Waals surface area (Å²) in [4.78, 5) is 25.5. The molecule has 2 atom stereocenters. The molecule has 0 radical (unpaired) electrons. The van der Waals surface area contributed by atoms with Crippen LogP contribution >= 0.6 is 0 Å². The molecule has 1 aromatic heterocycles.